The van der Waals surface area contributed by atoms with Crippen molar-refractivity contribution in [3.05, 3.63) is 70.8 Å². The number of carbonyl (C=O) groups excluding carboxylic acids is 2. The molecular weight excluding hydrogens is 777 g/mol. The molecule has 0 aromatic heterocycles. The van der Waals surface area contributed by atoms with Gasteiger partial charge in [-0.2, -0.15) is 0 Å². The van der Waals surface area contributed by atoms with Crippen LogP contribution in [0.4, 0.5) is 0 Å². The number of benzene rings is 2. The third-order valence-electron chi connectivity index (χ3n) is 12.4. The highest BCUT2D eigenvalue weighted by Gasteiger charge is 2.23. The van der Waals surface area contributed by atoms with E-state index in [1.165, 1.54) is 125 Å². The van der Waals surface area contributed by atoms with Crippen LogP contribution in [0.25, 0.3) is 0 Å². The minimum Gasteiger partial charge on any atom is -0.464 e. The molecule has 4 atom stereocenters. The first-order valence-corrected chi connectivity index (χ1v) is 26.1. The van der Waals surface area contributed by atoms with Crippen LogP contribution in [-0.2, 0) is 31.9 Å². The van der Waals surface area contributed by atoms with E-state index in [2.05, 4.69) is 104 Å². The van der Waals surface area contributed by atoms with E-state index in [9.17, 15) is 9.59 Å². The maximum Gasteiger partial charge on any atom is 0.330 e. The molecule has 63 heavy (non-hydrogen) atoms. The summed E-state index contributed by atoms with van der Waals surface area (Å²) in [7, 11) is 0. The van der Waals surface area contributed by atoms with Gasteiger partial charge in [0.15, 0.2) is 0 Å². The Hall–Kier alpha value is -3.28. The molecule has 4 unspecified atom stereocenters. The summed E-state index contributed by atoms with van der Waals surface area (Å²) in [6, 6.07) is 16.4. The first-order chi connectivity index (χ1) is 30.5. The van der Waals surface area contributed by atoms with Crippen molar-refractivity contribution in [3.63, 3.8) is 0 Å². The Labute approximate surface area is 387 Å². The number of nitrogens with zero attached hydrogens (tertiary/aromatic N) is 2. The molecule has 2 aromatic carbocycles. The van der Waals surface area contributed by atoms with Gasteiger partial charge in [0.05, 0.1) is 13.2 Å². The van der Waals surface area contributed by atoms with Crippen molar-refractivity contribution in [2.75, 3.05) is 13.2 Å². The van der Waals surface area contributed by atoms with Gasteiger partial charge < -0.3 is 9.47 Å². The van der Waals surface area contributed by atoms with Gasteiger partial charge in [0.25, 0.3) is 0 Å². The Bertz CT molecular complexity index is 1370. The molecule has 0 fully saturated rings. The van der Waals surface area contributed by atoms with Crippen molar-refractivity contribution in [1.29, 1.82) is 0 Å². The summed E-state index contributed by atoms with van der Waals surface area (Å²) < 4.78 is 11.7. The quantitative estimate of drug-likeness (QED) is 0.0383. The number of hydrogen-bond acceptors (Lipinski definition) is 6. The van der Waals surface area contributed by atoms with Crippen LogP contribution in [0.1, 0.15) is 237 Å². The Morgan fingerprint density at radius 1 is 0.444 bits per heavy atom. The predicted octanol–water partition coefficient (Wildman–Crippen LogP) is 16.0. The minimum atomic E-state index is -0.612. The Kier molecular flexibility index (Phi) is 31.9. The number of unbranched alkanes of at least 4 members (excludes halogenated alkanes) is 18. The fourth-order valence-electron chi connectivity index (χ4n) is 8.16. The molecule has 356 valence electrons. The average molecular weight is 871 g/mol. The van der Waals surface area contributed by atoms with Crippen LogP contribution in [0.5, 0.6) is 0 Å². The van der Waals surface area contributed by atoms with Gasteiger partial charge in [0.2, 0.25) is 0 Å². The van der Waals surface area contributed by atoms with E-state index in [0.29, 0.717) is 44.3 Å². The monoisotopic (exact) mass is 871 g/mol. The Balaban J connectivity index is 2.05. The second kappa shape index (κ2) is 36.0. The molecule has 2 aromatic rings. The summed E-state index contributed by atoms with van der Waals surface area (Å²) in [5.41, 5.74) is 5.19. The lowest BCUT2D eigenvalue weighted by Gasteiger charge is -2.16. The van der Waals surface area contributed by atoms with Crippen LogP contribution >= 0.6 is 0 Å². The van der Waals surface area contributed by atoms with E-state index in [1.807, 2.05) is 12.4 Å². The molecule has 0 heterocycles. The van der Waals surface area contributed by atoms with E-state index in [1.54, 1.807) is 0 Å². The smallest absolute Gasteiger partial charge is 0.330 e. The zero-order valence-corrected chi connectivity index (χ0v) is 41.9. The number of hydrogen-bond donors (Lipinski definition) is 0. The van der Waals surface area contributed by atoms with Crippen LogP contribution in [0.15, 0.2) is 58.5 Å². The summed E-state index contributed by atoms with van der Waals surface area (Å²) in [5, 5.41) is 0. The first kappa shape index (κ1) is 55.9. The van der Waals surface area contributed by atoms with Gasteiger partial charge in [0.1, 0.15) is 12.1 Å². The standard InChI is InChI=1S/C57H94N2O4/c1-9-11-13-15-17-19-21-23-25-27-40-62-56(60)54(58-44-48(7)42-50-32-36-52(37-33-50)46(3)4)30-29-31-55(57(61)63-41-28-26-24-22-20-18-16-14-12-10-2)59-45-49(8)43-51-34-38-53(39-35-51)47(5)6/h32-39,44-49,54-55H,9-31,40-43H2,1-8H3. The normalized spacial score (nSPS) is 13.9. The summed E-state index contributed by atoms with van der Waals surface area (Å²) in [4.78, 5) is 36.9. The number of ether oxygens (including phenoxy) is 2. The van der Waals surface area contributed by atoms with E-state index < -0.39 is 12.1 Å². The molecule has 0 amide bonds. The lowest BCUT2D eigenvalue weighted by molar-refractivity contribution is -0.145. The molecule has 0 aliphatic carbocycles. The van der Waals surface area contributed by atoms with Crippen molar-refractivity contribution in [2.24, 2.45) is 21.8 Å². The molecule has 0 aliphatic heterocycles. The largest absolute Gasteiger partial charge is 0.464 e. The van der Waals surface area contributed by atoms with Crippen molar-refractivity contribution in [1.82, 2.24) is 0 Å². The highest BCUT2D eigenvalue weighted by molar-refractivity contribution is 5.79. The fraction of sp³-hybridized carbons (Fsp3) is 0.719. The van der Waals surface area contributed by atoms with Gasteiger partial charge in [-0.3, -0.25) is 9.98 Å². The van der Waals surface area contributed by atoms with Gasteiger partial charge >= 0.3 is 11.9 Å². The molecule has 0 bridgehead atoms. The van der Waals surface area contributed by atoms with Crippen LogP contribution in [-0.4, -0.2) is 49.7 Å². The topological polar surface area (TPSA) is 77.3 Å². The minimum absolute atomic E-state index is 0.161. The zero-order chi connectivity index (χ0) is 45.9. The lowest BCUT2D eigenvalue weighted by Crippen LogP contribution is -2.26. The lowest BCUT2D eigenvalue weighted by atomic mass is 9.97. The van der Waals surface area contributed by atoms with Gasteiger partial charge in [-0.1, -0.05) is 219 Å². The zero-order valence-electron chi connectivity index (χ0n) is 41.9. The van der Waals surface area contributed by atoms with Crippen molar-refractivity contribution in [2.45, 2.75) is 240 Å². The summed E-state index contributed by atoms with van der Waals surface area (Å²) in [5.74, 6) is 0.782. The summed E-state index contributed by atoms with van der Waals surface area (Å²) >= 11 is 0. The van der Waals surface area contributed by atoms with E-state index in [-0.39, 0.29) is 23.8 Å². The molecule has 6 heteroatoms. The van der Waals surface area contributed by atoms with Gasteiger partial charge in [-0.15, -0.1) is 0 Å². The maximum absolute atomic E-state index is 13.6. The van der Waals surface area contributed by atoms with Gasteiger partial charge in [0, 0.05) is 12.4 Å². The van der Waals surface area contributed by atoms with Crippen LogP contribution in [0.3, 0.4) is 0 Å². The SMILES string of the molecule is CCCCCCCCCCCCOC(=O)C(CCCC(N=CC(C)Cc1ccc(C(C)C)cc1)C(=O)OCCCCCCCCCCCC)N=CC(C)Cc1ccc(C(C)C)cc1. The molecule has 0 spiro atoms. The molecule has 0 saturated heterocycles. The van der Waals surface area contributed by atoms with Crippen LogP contribution < -0.4 is 0 Å². The number of aliphatic imine (C=N–C) groups is 2. The highest BCUT2D eigenvalue weighted by atomic mass is 16.5. The Morgan fingerprint density at radius 3 is 1.05 bits per heavy atom. The molecule has 0 aliphatic rings. The maximum atomic E-state index is 13.6. The molecule has 6 nitrogen and oxygen atoms in total. The van der Waals surface area contributed by atoms with Crippen molar-refractivity contribution >= 4 is 24.4 Å². The molecule has 2 rings (SSSR count). The summed E-state index contributed by atoms with van der Waals surface area (Å²) in [6.07, 6.45) is 31.9. The third kappa shape index (κ3) is 27.6. The van der Waals surface area contributed by atoms with Crippen molar-refractivity contribution in [3.8, 4) is 0 Å². The molecule has 0 radical (unpaired) electrons. The molecular formula is C57H94N2O4. The highest BCUT2D eigenvalue weighted by Crippen LogP contribution is 2.20. The van der Waals surface area contributed by atoms with Crippen LogP contribution in [0.2, 0.25) is 0 Å². The number of esters is 2. The summed E-state index contributed by atoms with van der Waals surface area (Å²) in [6.45, 7) is 18.5. The van der Waals surface area contributed by atoms with Gasteiger partial charge in [-0.05, 0) is 90.9 Å². The average Bonchev–Trinajstić information content (AvgIpc) is 3.27. The van der Waals surface area contributed by atoms with E-state index in [4.69, 9.17) is 19.5 Å². The Morgan fingerprint density at radius 2 is 0.746 bits per heavy atom. The third-order valence-corrected chi connectivity index (χ3v) is 12.4. The number of carbonyl (C=O) groups is 2. The molecule has 0 N–H and O–H groups in total. The fourth-order valence-corrected chi connectivity index (χ4v) is 8.16. The second-order valence-corrected chi connectivity index (χ2v) is 19.4. The molecule has 0 saturated carbocycles. The van der Waals surface area contributed by atoms with E-state index >= 15 is 0 Å². The number of rotatable bonds is 38. The van der Waals surface area contributed by atoms with E-state index in [0.717, 1.165) is 38.5 Å². The van der Waals surface area contributed by atoms with Crippen molar-refractivity contribution < 1.29 is 19.1 Å². The first-order valence-electron chi connectivity index (χ1n) is 26.1. The second-order valence-electron chi connectivity index (χ2n) is 19.4. The predicted molar refractivity (Wildman–Crippen MR) is 271 cm³/mol. The van der Waals surface area contributed by atoms with Gasteiger partial charge in [-0.25, -0.2) is 9.59 Å². The van der Waals surface area contributed by atoms with Crippen LogP contribution in [0, 0.1) is 11.8 Å².